The molecule has 0 amide bonds. The SMILES string of the molecule is CCN(C(C)c1cscn1)C(C)(C)C(=O)O. The minimum Gasteiger partial charge on any atom is -0.480 e. The maximum absolute atomic E-state index is 11.2. The lowest BCUT2D eigenvalue weighted by Crippen LogP contribution is -2.51. The van der Waals surface area contributed by atoms with Crippen LogP contribution in [0.15, 0.2) is 10.9 Å². The van der Waals surface area contributed by atoms with Crippen molar-refractivity contribution < 1.29 is 9.90 Å². The molecule has 1 atom stereocenters. The van der Waals surface area contributed by atoms with Crippen LogP contribution in [0.2, 0.25) is 0 Å². The van der Waals surface area contributed by atoms with Crippen LogP contribution in [0, 0.1) is 0 Å². The summed E-state index contributed by atoms with van der Waals surface area (Å²) in [7, 11) is 0. The van der Waals surface area contributed by atoms with E-state index in [0.29, 0.717) is 6.54 Å². The first-order valence-electron chi connectivity index (χ1n) is 5.29. The van der Waals surface area contributed by atoms with Crippen molar-refractivity contribution >= 4 is 17.3 Å². The minimum atomic E-state index is -0.877. The number of carbonyl (C=O) groups is 1. The third-order valence-corrected chi connectivity index (χ3v) is 3.53. The Kier molecular flexibility index (Phi) is 4.04. The second kappa shape index (κ2) is 4.93. The molecule has 16 heavy (non-hydrogen) atoms. The summed E-state index contributed by atoms with van der Waals surface area (Å²) in [5.41, 5.74) is 1.83. The standard InChI is InChI=1S/C11H18N2O2S/c1-5-13(11(3,4)10(14)15)8(2)9-6-16-7-12-9/h6-8H,5H2,1-4H3,(H,14,15). The van der Waals surface area contributed by atoms with Crippen LogP contribution < -0.4 is 0 Å². The van der Waals surface area contributed by atoms with Gasteiger partial charge in [0, 0.05) is 5.38 Å². The van der Waals surface area contributed by atoms with E-state index in [9.17, 15) is 9.90 Å². The Hall–Kier alpha value is -0.940. The molecule has 4 nitrogen and oxygen atoms in total. The van der Waals surface area contributed by atoms with E-state index in [1.165, 1.54) is 11.3 Å². The zero-order valence-corrected chi connectivity index (χ0v) is 10.9. The second-order valence-corrected chi connectivity index (χ2v) is 4.96. The molecular weight excluding hydrogens is 224 g/mol. The molecule has 1 unspecified atom stereocenters. The number of nitrogens with zero attached hydrogens (tertiary/aromatic N) is 2. The normalized spacial score (nSPS) is 14.1. The largest absolute Gasteiger partial charge is 0.480 e. The fraction of sp³-hybridized carbons (Fsp3) is 0.636. The Bertz CT molecular complexity index is 349. The van der Waals surface area contributed by atoms with Crippen molar-refractivity contribution in [3.05, 3.63) is 16.6 Å². The Morgan fingerprint density at radius 3 is 2.69 bits per heavy atom. The van der Waals surface area contributed by atoms with Gasteiger partial charge in [0.05, 0.1) is 17.2 Å². The number of hydrogen-bond acceptors (Lipinski definition) is 4. The molecule has 0 spiro atoms. The van der Waals surface area contributed by atoms with Crippen LogP contribution in [0.1, 0.15) is 39.4 Å². The number of aromatic nitrogens is 1. The van der Waals surface area contributed by atoms with E-state index in [0.717, 1.165) is 5.69 Å². The van der Waals surface area contributed by atoms with Crippen LogP contribution in [0.3, 0.4) is 0 Å². The third kappa shape index (κ3) is 2.41. The van der Waals surface area contributed by atoms with Gasteiger partial charge in [0.15, 0.2) is 0 Å². The van der Waals surface area contributed by atoms with Crippen molar-refractivity contribution in [3.8, 4) is 0 Å². The summed E-state index contributed by atoms with van der Waals surface area (Å²) in [6.45, 7) is 8.08. The highest BCUT2D eigenvalue weighted by Crippen LogP contribution is 2.27. The summed E-state index contributed by atoms with van der Waals surface area (Å²) >= 11 is 1.53. The van der Waals surface area contributed by atoms with Crippen molar-refractivity contribution in [3.63, 3.8) is 0 Å². The summed E-state index contributed by atoms with van der Waals surface area (Å²) in [5.74, 6) is -0.809. The number of carboxylic acids is 1. The van der Waals surface area contributed by atoms with E-state index in [1.54, 1.807) is 19.4 Å². The lowest BCUT2D eigenvalue weighted by molar-refractivity contribution is -0.150. The molecule has 0 aromatic carbocycles. The van der Waals surface area contributed by atoms with Crippen LogP contribution in [0.5, 0.6) is 0 Å². The maximum atomic E-state index is 11.2. The van der Waals surface area contributed by atoms with Crippen LogP contribution in [-0.4, -0.2) is 33.0 Å². The first-order valence-corrected chi connectivity index (χ1v) is 6.23. The Balaban J connectivity index is 2.95. The smallest absolute Gasteiger partial charge is 0.323 e. The number of rotatable bonds is 5. The Labute approximate surface area is 99.9 Å². The second-order valence-electron chi connectivity index (χ2n) is 4.24. The third-order valence-electron chi connectivity index (χ3n) is 2.93. The molecule has 0 saturated carbocycles. The molecule has 1 N–H and O–H groups in total. The number of thiazole rings is 1. The molecule has 0 fully saturated rings. The molecule has 1 heterocycles. The quantitative estimate of drug-likeness (QED) is 0.861. The van der Waals surface area contributed by atoms with Crippen molar-refractivity contribution in [1.29, 1.82) is 0 Å². The van der Waals surface area contributed by atoms with Gasteiger partial charge >= 0.3 is 5.97 Å². The number of carboxylic acid groups (broad SMARTS) is 1. The van der Waals surface area contributed by atoms with E-state index in [1.807, 2.05) is 24.1 Å². The monoisotopic (exact) mass is 242 g/mol. The fourth-order valence-electron chi connectivity index (χ4n) is 1.86. The number of likely N-dealkylation sites (N-methyl/N-ethyl adjacent to an activating group) is 1. The molecule has 0 bridgehead atoms. The topological polar surface area (TPSA) is 53.4 Å². The van der Waals surface area contributed by atoms with E-state index >= 15 is 0 Å². The van der Waals surface area contributed by atoms with Gasteiger partial charge in [-0.05, 0) is 27.3 Å². The zero-order valence-electron chi connectivity index (χ0n) is 10.1. The van der Waals surface area contributed by atoms with Crippen LogP contribution in [-0.2, 0) is 4.79 Å². The average molecular weight is 242 g/mol. The van der Waals surface area contributed by atoms with Crippen molar-refractivity contribution in [2.24, 2.45) is 0 Å². The summed E-state index contributed by atoms with van der Waals surface area (Å²) in [5, 5.41) is 11.2. The molecule has 0 aliphatic heterocycles. The lowest BCUT2D eigenvalue weighted by Gasteiger charge is -2.38. The molecule has 1 rings (SSSR count). The molecule has 1 aromatic heterocycles. The van der Waals surface area contributed by atoms with E-state index in [-0.39, 0.29) is 6.04 Å². The highest BCUT2D eigenvalue weighted by molar-refractivity contribution is 7.07. The molecule has 0 saturated heterocycles. The van der Waals surface area contributed by atoms with Gasteiger partial charge in [-0.1, -0.05) is 6.92 Å². The van der Waals surface area contributed by atoms with Crippen molar-refractivity contribution in [1.82, 2.24) is 9.88 Å². The maximum Gasteiger partial charge on any atom is 0.323 e. The van der Waals surface area contributed by atoms with Crippen LogP contribution >= 0.6 is 11.3 Å². The first kappa shape index (κ1) is 13.1. The highest BCUT2D eigenvalue weighted by atomic mass is 32.1. The number of aliphatic carboxylic acids is 1. The summed E-state index contributed by atoms with van der Waals surface area (Å²) in [6, 6.07) is 0.0161. The van der Waals surface area contributed by atoms with Crippen LogP contribution in [0.25, 0.3) is 0 Å². The molecule has 5 heteroatoms. The van der Waals surface area contributed by atoms with Crippen molar-refractivity contribution in [2.75, 3.05) is 6.54 Å². The van der Waals surface area contributed by atoms with Gasteiger partial charge in [0.2, 0.25) is 0 Å². The van der Waals surface area contributed by atoms with Gasteiger partial charge in [-0.3, -0.25) is 9.69 Å². The van der Waals surface area contributed by atoms with Gasteiger partial charge in [0.1, 0.15) is 5.54 Å². The predicted octanol–water partition coefficient (Wildman–Crippen LogP) is 2.39. The zero-order chi connectivity index (χ0) is 12.3. The van der Waals surface area contributed by atoms with Gasteiger partial charge in [-0.15, -0.1) is 11.3 Å². The predicted molar refractivity (Wildman–Crippen MR) is 64.6 cm³/mol. The molecular formula is C11H18N2O2S. The lowest BCUT2D eigenvalue weighted by atomic mass is 10.00. The van der Waals surface area contributed by atoms with Crippen LogP contribution in [0.4, 0.5) is 0 Å². The fourth-order valence-corrected chi connectivity index (χ4v) is 2.50. The summed E-state index contributed by atoms with van der Waals surface area (Å²) in [6.07, 6.45) is 0. The molecule has 1 aromatic rings. The number of hydrogen-bond donors (Lipinski definition) is 1. The highest BCUT2D eigenvalue weighted by Gasteiger charge is 2.37. The Morgan fingerprint density at radius 2 is 2.31 bits per heavy atom. The molecule has 90 valence electrons. The van der Waals surface area contributed by atoms with E-state index in [4.69, 9.17) is 0 Å². The van der Waals surface area contributed by atoms with Gasteiger partial charge < -0.3 is 5.11 Å². The minimum absolute atomic E-state index is 0.0161. The van der Waals surface area contributed by atoms with E-state index < -0.39 is 11.5 Å². The summed E-state index contributed by atoms with van der Waals surface area (Å²) < 4.78 is 0. The first-order chi connectivity index (χ1) is 7.41. The molecule has 0 aliphatic carbocycles. The van der Waals surface area contributed by atoms with Gasteiger partial charge in [-0.25, -0.2) is 4.98 Å². The van der Waals surface area contributed by atoms with Gasteiger partial charge in [0.25, 0.3) is 0 Å². The average Bonchev–Trinajstić information content (AvgIpc) is 2.70. The molecule has 0 aliphatic rings. The van der Waals surface area contributed by atoms with E-state index in [2.05, 4.69) is 4.98 Å². The van der Waals surface area contributed by atoms with Crippen molar-refractivity contribution in [2.45, 2.75) is 39.3 Å². The summed E-state index contributed by atoms with van der Waals surface area (Å²) in [4.78, 5) is 17.4. The molecule has 0 radical (unpaired) electrons. The Morgan fingerprint density at radius 1 is 1.69 bits per heavy atom. The van der Waals surface area contributed by atoms with Gasteiger partial charge in [-0.2, -0.15) is 0 Å².